The minimum absolute atomic E-state index is 0.247. The molecule has 19 heavy (non-hydrogen) atoms. The Morgan fingerprint density at radius 1 is 1.42 bits per heavy atom. The SMILES string of the molecule is CCOC(=O)c1ccc(N2CCC[C@H](CO)C2)cc1. The van der Waals surface area contributed by atoms with Gasteiger partial charge in [0, 0.05) is 25.4 Å². The van der Waals surface area contributed by atoms with Gasteiger partial charge in [0.25, 0.3) is 0 Å². The molecule has 1 heterocycles. The van der Waals surface area contributed by atoms with Crippen molar-refractivity contribution in [1.29, 1.82) is 0 Å². The zero-order valence-corrected chi connectivity index (χ0v) is 11.3. The van der Waals surface area contributed by atoms with E-state index in [1.54, 1.807) is 19.1 Å². The molecule has 0 saturated carbocycles. The number of carbonyl (C=O) groups is 1. The van der Waals surface area contributed by atoms with E-state index in [-0.39, 0.29) is 12.6 Å². The summed E-state index contributed by atoms with van der Waals surface area (Å²) in [6, 6.07) is 7.50. The van der Waals surface area contributed by atoms with E-state index in [1.165, 1.54) is 0 Å². The molecule has 1 aliphatic rings. The van der Waals surface area contributed by atoms with Gasteiger partial charge in [-0.2, -0.15) is 0 Å². The number of esters is 1. The molecule has 1 saturated heterocycles. The van der Waals surface area contributed by atoms with Gasteiger partial charge in [-0.05, 0) is 49.9 Å². The van der Waals surface area contributed by atoms with E-state index >= 15 is 0 Å². The predicted octanol–water partition coefficient (Wildman–Crippen LogP) is 2.07. The van der Waals surface area contributed by atoms with Crippen molar-refractivity contribution in [2.75, 3.05) is 31.2 Å². The number of rotatable bonds is 4. The third kappa shape index (κ3) is 3.47. The first-order valence-corrected chi connectivity index (χ1v) is 6.87. The van der Waals surface area contributed by atoms with Crippen molar-refractivity contribution >= 4 is 11.7 Å². The topological polar surface area (TPSA) is 49.8 Å². The number of aliphatic hydroxyl groups is 1. The van der Waals surface area contributed by atoms with E-state index in [2.05, 4.69) is 4.90 Å². The third-order valence-corrected chi connectivity index (χ3v) is 3.52. The van der Waals surface area contributed by atoms with Gasteiger partial charge in [-0.1, -0.05) is 0 Å². The number of hydrogen-bond acceptors (Lipinski definition) is 4. The highest BCUT2D eigenvalue weighted by Gasteiger charge is 2.19. The Morgan fingerprint density at radius 2 is 2.16 bits per heavy atom. The minimum Gasteiger partial charge on any atom is -0.462 e. The van der Waals surface area contributed by atoms with Gasteiger partial charge in [-0.3, -0.25) is 0 Å². The van der Waals surface area contributed by atoms with Crippen molar-refractivity contribution in [3.05, 3.63) is 29.8 Å². The molecule has 0 amide bonds. The van der Waals surface area contributed by atoms with Crippen LogP contribution in [0.5, 0.6) is 0 Å². The maximum absolute atomic E-state index is 11.6. The molecule has 2 rings (SSSR count). The number of anilines is 1. The van der Waals surface area contributed by atoms with Crippen LogP contribution in [0, 0.1) is 5.92 Å². The van der Waals surface area contributed by atoms with Crippen LogP contribution in [-0.4, -0.2) is 37.4 Å². The molecule has 0 spiro atoms. The predicted molar refractivity (Wildman–Crippen MR) is 74.4 cm³/mol. The molecule has 0 bridgehead atoms. The lowest BCUT2D eigenvalue weighted by molar-refractivity contribution is 0.0526. The average Bonchev–Trinajstić information content (AvgIpc) is 2.48. The second kappa shape index (κ2) is 6.57. The van der Waals surface area contributed by atoms with Crippen LogP contribution in [0.4, 0.5) is 5.69 Å². The van der Waals surface area contributed by atoms with Crippen LogP contribution in [0.25, 0.3) is 0 Å². The first-order valence-electron chi connectivity index (χ1n) is 6.87. The third-order valence-electron chi connectivity index (χ3n) is 3.52. The second-order valence-corrected chi connectivity index (χ2v) is 4.90. The molecule has 0 aliphatic carbocycles. The Labute approximate surface area is 114 Å². The maximum atomic E-state index is 11.6. The molecule has 104 valence electrons. The zero-order valence-electron chi connectivity index (χ0n) is 11.3. The van der Waals surface area contributed by atoms with Gasteiger partial charge < -0.3 is 14.7 Å². The van der Waals surface area contributed by atoms with E-state index in [1.807, 2.05) is 12.1 Å². The molecule has 1 fully saturated rings. The number of carbonyl (C=O) groups excluding carboxylic acids is 1. The van der Waals surface area contributed by atoms with Crippen LogP contribution in [0.2, 0.25) is 0 Å². The summed E-state index contributed by atoms with van der Waals surface area (Å²) in [5.41, 5.74) is 1.69. The molecule has 1 atom stereocenters. The summed E-state index contributed by atoms with van der Waals surface area (Å²) < 4.78 is 4.96. The Morgan fingerprint density at radius 3 is 2.79 bits per heavy atom. The molecule has 0 radical (unpaired) electrons. The van der Waals surface area contributed by atoms with Crippen LogP contribution >= 0.6 is 0 Å². The second-order valence-electron chi connectivity index (χ2n) is 4.90. The lowest BCUT2D eigenvalue weighted by Crippen LogP contribution is -2.36. The first-order chi connectivity index (χ1) is 9.24. The van der Waals surface area contributed by atoms with Gasteiger partial charge in [0.1, 0.15) is 0 Å². The van der Waals surface area contributed by atoms with E-state index in [4.69, 9.17) is 4.74 Å². The van der Waals surface area contributed by atoms with Crippen molar-refractivity contribution in [2.24, 2.45) is 5.92 Å². The van der Waals surface area contributed by atoms with E-state index in [0.717, 1.165) is 31.6 Å². The number of ether oxygens (including phenoxy) is 1. The Kier molecular flexibility index (Phi) is 4.80. The number of benzene rings is 1. The summed E-state index contributed by atoms with van der Waals surface area (Å²) in [4.78, 5) is 13.8. The minimum atomic E-state index is -0.277. The first kappa shape index (κ1) is 13.9. The molecule has 1 aromatic rings. The van der Waals surface area contributed by atoms with Crippen LogP contribution in [0.15, 0.2) is 24.3 Å². The normalized spacial score (nSPS) is 19.3. The van der Waals surface area contributed by atoms with Gasteiger partial charge in [-0.15, -0.1) is 0 Å². The van der Waals surface area contributed by atoms with Crippen molar-refractivity contribution in [2.45, 2.75) is 19.8 Å². The molecule has 4 heteroatoms. The maximum Gasteiger partial charge on any atom is 0.338 e. The molecule has 4 nitrogen and oxygen atoms in total. The van der Waals surface area contributed by atoms with Crippen molar-refractivity contribution < 1.29 is 14.6 Å². The molecule has 0 aromatic heterocycles. The van der Waals surface area contributed by atoms with E-state index in [9.17, 15) is 9.90 Å². The highest BCUT2D eigenvalue weighted by Crippen LogP contribution is 2.23. The number of nitrogens with zero attached hydrogens (tertiary/aromatic N) is 1. The molecular formula is C15H21NO3. The average molecular weight is 263 g/mol. The van der Waals surface area contributed by atoms with Crippen LogP contribution < -0.4 is 4.90 Å². The van der Waals surface area contributed by atoms with Gasteiger partial charge in [0.15, 0.2) is 0 Å². The molecule has 1 aliphatic heterocycles. The van der Waals surface area contributed by atoms with Crippen LogP contribution in [-0.2, 0) is 4.74 Å². The largest absolute Gasteiger partial charge is 0.462 e. The quantitative estimate of drug-likeness (QED) is 0.845. The molecular weight excluding hydrogens is 242 g/mol. The highest BCUT2D eigenvalue weighted by molar-refractivity contribution is 5.89. The van der Waals surface area contributed by atoms with E-state index < -0.39 is 0 Å². The summed E-state index contributed by atoms with van der Waals surface area (Å²) in [5, 5.41) is 9.24. The summed E-state index contributed by atoms with van der Waals surface area (Å²) in [6.45, 7) is 4.34. The van der Waals surface area contributed by atoms with Crippen molar-refractivity contribution in [3.63, 3.8) is 0 Å². The van der Waals surface area contributed by atoms with E-state index in [0.29, 0.717) is 18.1 Å². The van der Waals surface area contributed by atoms with Crippen LogP contribution in [0.1, 0.15) is 30.1 Å². The van der Waals surface area contributed by atoms with Gasteiger partial charge in [0.05, 0.1) is 12.2 Å². The number of aliphatic hydroxyl groups excluding tert-OH is 1. The fourth-order valence-corrected chi connectivity index (χ4v) is 2.47. The molecule has 0 unspecified atom stereocenters. The van der Waals surface area contributed by atoms with Crippen molar-refractivity contribution in [3.8, 4) is 0 Å². The van der Waals surface area contributed by atoms with Crippen LogP contribution in [0.3, 0.4) is 0 Å². The summed E-state index contributed by atoms with van der Waals surface area (Å²) in [6.07, 6.45) is 2.19. The molecule has 1 aromatic carbocycles. The zero-order chi connectivity index (χ0) is 13.7. The lowest BCUT2D eigenvalue weighted by atomic mass is 9.98. The fraction of sp³-hybridized carbons (Fsp3) is 0.533. The highest BCUT2D eigenvalue weighted by atomic mass is 16.5. The number of hydrogen-bond donors (Lipinski definition) is 1. The fourth-order valence-electron chi connectivity index (χ4n) is 2.47. The number of piperidine rings is 1. The monoisotopic (exact) mass is 263 g/mol. The summed E-state index contributed by atoms with van der Waals surface area (Å²) >= 11 is 0. The molecule has 1 N–H and O–H groups in total. The Balaban J connectivity index is 2.03. The standard InChI is InChI=1S/C15H21NO3/c1-2-19-15(18)13-5-7-14(8-6-13)16-9-3-4-12(10-16)11-17/h5-8,12,17H,2-4,9-11H2,1H3/t12-/m0/s1. The Hall–Kier alpha value is -1.55. The van der Waals surface area contributed by atoms with Gasteiger partial charge in [-0.25, -0.2) is 4.79 Å². The van der Waals surface area contributed by atoms with Gasteiger partial charge in [0.2, 0.25) is 0 Å². The summed E-state index contributed by atoms with van der Waals surface area (Å²) in [7, 11) is 0. The van der Waals surface area contributed by atoms with Gasteiger partial charge >= 0.3 is 5.97 Å². The van der Waals surface area contributed by atoms with Crippen molar-refractivity contribution in [1.82, 2.24) is 0 Å². The lowest BCUT2D eigenvalue weighted by Gasteiger charge is -2.33. The summed E-state index contributed by atoms with van der Waals surface area (Å²) in [5.74, 6) is 0.0828. The smallest absolute Gasteiger partial charge is 0.338 e. The Bertz CT molecular complexity index is 416.